The largest absolute Gasteiger partial charge is 0.442 e. The van der Waals surface area contributed by atoms with Gasteiger partial charge in [-0.1, -0.05) is 44.2 Å². The Kier molecular flexibility index (Phi) is 8.27. The van der Waals surface area contributed by atoms with Gasteiger partial charge in [0.2, 0.25) is 0 Å². The zero-order chi connectivity index (χ0) is 25.2. The van der Waals surface area contributed by atoms with Crippen molar-refractivity contribution in [3.8, 4) is 0 Å². The lowest BCUT2D eigenvalue weighted by Gasteiger charge is -2.44. The van der Waals surface area contributed by atoms with Gasteiger partial charge in [-0.3, -0.25) is 0 Å². The lowest BCUT2D eigenvalue weighted by molar-refractivity contribution is 0.0862. The lowest BCUT2D eigenvalue weighted by atomic mass is 9.61. The topological polar surface area (TPSA) is 78.8 Å². The van der Waals surface area contributed by atoms with Gasteiger partial charge in [0.25, 0.3) is 0 Å². The minimum absolute atomic E-state index is 0.114. The second-order valence-electron chi connectivity index (χ2n) is 11.6. The first-order chi connectivity index (χ1) is 16.7. The number of rotatable bonds is 7. The lowest BCUT2D eigenvalue weighted by Crippen LogP contribution is -2.35. The number of aliphatic hydroxyl groups excluding tert-OH is 2. The van der Waals surface area contributed by atoms with Crippen LogP contribution in [0.25, 0.3) is 0 Å². The molecule has 0 unspecified atom stereocenters. The van der Waals surface area contributed by atoms with Gasteiger partial charge >= 0.3 is 6.09 Å². The van der Waals surface area contributed by atoms with Crippen LogP contribution in [0.4, 0.5) is 4.79 Å². The fourth-order valence-corrected chi connectivity index (χ4v) is 7.05. The summed E-state index contributed by atoms with van der Waals surface area (Å²) in [5, 5.41) is 23.0. The monoisotopic (exact) mass is 483 g/mol. The van der Waals surface area contributed by atoms with Gasteiger partial charge in [-0.2, -0.15) is 0 Å². The quantitative estimate of drug-likeness (QED) is 0.397. The number of ether oxygens (including phenoxy) is 1. The van der Waals surface area contributed by atoms with Gasteiger partial charge in [0, 0.05) is 13.0 Å². The molecular formula is C30H45NO4. The van der Waals surface area contributed by atoms with E-state index >= 15 is 0 Å². The first kappa shape index (κ1) is 26.2. The molecule has 4 aliphatic carbocycles. The van der Waals surface area contributed by atoms with Crippen LogP contribution in [0.15, 0.2) is 47.6 Å². The van der Waals surface area contributed by atoms with Crippen molar-refractivity contribution in [3.05, 3.63) is 47.6 Å². The third-order valence-electron chi connectivity index (χ3n) is 9.19. The molecule has 0 bridgehead atoms. The van der Waals surface area contributed by atoms with Crippen molar-refractivity contribution >= 4 is 6.09 Å². The maximum Gasteiger partial charge on any atom is 0.407 e. The molecule has 194 valence electrons. The Bertz CT molecular complexity index is 885. The maximum atomic E-state index is 12.0. The summed E-state index contributed by atoms with van der Waals surface area (Å²) >= 11 is 0. The highest BCUT2D eigenvalue weighted by Crippen LogP contribution is 2.59. The van der Waals surface area contributed by atoms with Gasteiger partial charge in [-0.15, -0.1) is 0 Å². The number of hydrogen-bond acceptors (Lipinski definition) is 4. The van der Waals surface area contributed by atoms with Crippen LogP contribution in [-0.4, -0.2) is 41.2 Å². The zero-order valence-electron chi connectivity index (χ0n) is 21.8. The van der Waals surface area contributed by atoms with Gasteiger partial charge in [-0.05, 0) is 105 Å². The number of carbonyl (C=O) groups excluding carboxylic acids is 1. The molecule has 7 atom stereocenters. The van der Waals surface area contributed by atoms with Crippen LogP contribution in [0.5, 0.6) is 0 Å². The van der Waals surface area contributed by atoms with E-state index in [4.69, 9.17) is 4.74 Å². The van der Waals surface area contributed by atoms with Crippen LogP contribution in [-0.2, 0) is 4.74 Å². The number of alkyl carbamates (subject to hydrolysis) is 1. The third-order valence-corrected chi connectivity index (χ3v) is 9.19. The van der Waals surface area contributed by atoms with Crippen LogP contribution in [0.2, 0.25) is 0 Å². The summed E-state index contributed by atoms with van der Waals surface area (Å²) in [7, 11) is 0. The number of hydrogen-bond donors (Lipinski definition) is 3. The minimum atomic E-state index is -0.639. The molecule has 0 spiro atoms. The van der Waals surface area contributed by atoms with E-state index in [2.05, 4.69) is 50.0 Å². The molecular weight excluding hydrogens is 438 g/mol. The van der Waals surface area contributed by atoms with Crippen LogP contribution in [0.3, 0.4) is 0 Å². The summed E-state index contributed by atoms with van der Waals surface area (Å²) in [4.78, 5) is 12.0. The Labute approximate surface area is 211 Å². The molecule has 35 heavy (non-hydrogen) atoms. The second-order valence-corrected chi connectivity index (χ2v) is 11.6. The van der Waals surface area contributed by atoms with Gasteiger partial charge in [0.15, 0.2) is 0 Å². The smallest absolute Gasteiger partial charge is 0.407 e. The number of fused-ring (bicyclic) bond motifs is 1. The zero-order valence-corrected chi connectivity index (χ0v) is 21.8. The molecule has 0 aromatic rings. The van der Waals surface area contributed by atoms with E-state index in [-0.39, 0.29) is 17.6 Å². The average molecular weight is 484 g/mol. The first-order valence-electron chi connectivity index (χ1n) is 13.8. The highest BCUT2D eigenvalue weighted by molar-refractivity contribution is 5.67. The number of nitrogens with one attached hydrogen (secondary N) is 1. The Morgan fingerprint density at radius 1 is 1.23 bits per heavy atom. The summed E-state index contributed by atoms with van der Waals surface area (Å²) in [6.45, 7) is 11.4. The van der Waals surface area contributed by atoms with Crippen molar-refractivity contribution in [3.63, 3.8) is 0 Å². The first-order valence-corrected chi connectivity index (χ1v) is 13.8. The highest BCUT2D eigenvalue weighted by Gasteiger charge is 2.50. The van der Waals surface area contributed by atoms with E-state index in [1.165, 1.54) is 31.3 Å². The molecule has 0 saturated heterocycles. The summed E-state index contributed by atoms with van der Waals surface area (Å²) in [6, 6.07) is 0. The van der Waals surface area contributed by atoms with Crippen LogP contribution in [0.1, 0.15) is 78.6 Å². The molecule has 1 amide bonds. The van der Waals surface area contributed by atoms with Crippen LogP contribution < -0.4 is 5.32 Å². The molecule has 5 nitrogen and oxygen atoms in total. The standard InChI is InChI=1S/C30H45NO4/c1-5-31-29(34)35-28(22-10-11-22)15-8-19(2)25-13-14-26-21(7-6-16-30(25,26)4)9-12-23-17-24(32)18-27(33)20(23)3/h8-9,12,15,19,22,24-28,32-33H,3,5-7,10-11,13-14,16-18H2,1-2,4H3,(H,31,34)/t19-,24-,25-,26+,27+,28+,30-/m1/s1. The van der Waals surface area contributed by atoms with Crippen molar-refractivity contribution in [2.45, 2.75) is 96.9 Å². The predicted octanol–water partition coefficient (Wildman–Crippen LogP) is 5.84. The predicted molar refractivity (Wildman–Crippen MR) is 140 cm³/mol. The van der Waals surface area contributed by atoms with Gasteiger partial charge in [0.05, 0.1) is 12.2 Å². The number of amides is 1. The Morgan fingerprint density at radius 3 is 2.71 bits per heavy atom. The average Bonchev–Trinajstić information content (AvgIpc) is 3.59. The van der Waals surface area contributed by atoms with Crippen molar-refractivity contribution in [1.82, 2.24) is 5.32 Å². The van der Waals surface area contributed by atoms with E-state index in [1.54, 1.807) is 0 Å². The molecule has 4 saturated carbocycles. The molecule has 0 heterocycles. The molecule has 4 aliphatic rings. The molecule has 0 radical (unpaired) electrons. The maximum absolute atomic E-state index is 12.0. The second kappa shape index (κ2) is 11.0. The number of allylic oxidation sites excluding steroid dienone is 4. The van der Waals surface area contributed by atoms with Crippen LogP contribution in [0, 0.1) is 29.1 Å². The Morgan fingerprint density at radius 2 is 2.00 bits per heavy atom. The van der Waals surface area contributed by atoms with Gasteiger partial charge in [0.1, 0.15) is 6.10 Å². The molecule has 4 fully saturated rings. The van der Waals surface area contributed by atoms with Crippen molar-refractivity contribution < 1.29 is 19.7 Å². The Balaban J connectivity index is 1.45. The normalized spacial score (nSPS) is 37.5. The van der Waals surface area contributed by atoms with E-state index in [0.717, 1.165) is 30.4 Å². The van der Waals surface area contributed by atoms with E-state index in [9.17, 15) is 15.0 Å². The molecule has 5 heteroatoms. The highest BCUT2D eigenvalue weighted by atomic mass is 16.6. The summed E-state index contributed by atoms with van der Waals surface area (Å²) in [6.07, 6.45) is 16.5. The van der Waals surface area contributed by atoms with E-state index in [1.807, 2.05) is 6.92 Å². The Hall–Kier alpha value is -1.85. The summed E-state index contributed by atoms with van der Waals surface area (Å²) in [5.74, 6) is 2.09. The number of aliphatic hydroxyl groups is 2. The summed E-state index contributed by atoms with van der Waals surface area (Å²) < 4.78 is 5.69. The fourth-order valence-electron chi connectivity index (χ4n) is 7.05. The number of carbonyl (C=O) groups is 1. The van der Waals surface area contributed by atoms with Crippen molar-refractivity contribution in [2.75, 3.05) is 6.54 Å². The van der Waals surface area contributed by atoms with E-state index < -0.39 is 12.2 Å². The SMILES string of the molecule is C=C1C(=CC=C2CCC[C@]3(C)[C@@H]([C@H](C)C=C[C@H](OC(=O)NCC)C4CC4)CC[C@@H]23)C[C@@H](O)C[C@@H]1O. The summed E-state index contributed by atoms with van der Waals surface area (Å²) in [5.41, 5.74) is 3.53. The van der Waals surface area contributed by atoms with Gasteiger partial charge < -0.3 is 20.3 Å². The van der Waals surface area contributed by atoms with Crippen molar-refractivity contribution in [2.24, 2.45) is 29.1 Å². The van der Waals surface area contributed by atoms with Crippen LogP contribution >= 0.6 is 0 Å². The minimum Gasteiger partial charge on any atom is -0.442 e. The molecule has 3 N–H and O–H groups in total. The van der Waals surface area contributed by atoms with E-state index in [0.29, 0.717) is 43.1 Å². The third kappa shape index (κ3) is 5.94. The molecule has 4 rings (SSSR count). The molecule has 0 aliphatic heterocycles. The fraction of sp³-hybridized carbons (Fsp3) is 0.700. The molecule has 0 aromatic heterocycles. The molecule has 0 aromatic carbocycles. The van der Waals surface area contributed by atoms with Crippen molar-refractivity contribution in [1.29, 1.82) is 0 Å². The van der Waals surface area contributed by atoms with Gasteiger partial charge in [-0.25, -0.2) is 4.79 Å².